The Balaban J connectivity index is 1.54. The Morgan fingerprint density at radius 3 is 2.50 bits per heavy atom. The number of anilines is 2. The van der Waals surface area contributed by atoms with Crippen LogP contribution in [0.5, 0.6) is 0 Å². The number of nitrogen functional groups attached to an aromatic ring is 1. The largest absolute Gasteiger partial charge is 0.378 e. The van der Waals surface area contributed by atoms with Crippen molar-refractivity contribution in [2.45, 2.75) is 26.3 Å². The van der Waals surface area contributed by atoms with Crippen molar-refractivity contribution in [2.75, 3.05) is 17.7 Å². The molecule has 0 aliphatic rings. The SMILES string of the molecule is CC(CCc1ccccc1)=NNC(=O)c1nnn(-c2nonc2N)c1CN(C)c1ccccc1. The van der Waals surface area contributed by atoms with E-state index in [0.29, 0.717) is 18.7 Å². The Morgan fingerprint density at radius 1 is 1.12 bits per heavy atom. The fraction of sp³-hybridized carbons (Fsp3) is 0.217. The highest BCUT2D eigenvalue weighted by Gasteiger charge is 2.25. The third-order valence-corrected chi connectivity index (χ3v) is 5.22. The Kier molecular flexibility index (Phi) is 6.92. The maximum atomic E-state index is 13.0. The number of hydrogen-bond donors (Lipinski definition) is 2. The highest BCUT2D eigenvalue weighted by Crippen LogP contribution is 2.20. The van der Waals surface area contributed by atoms with Crippen molar-refractivity contribution in [3.63, 3.8) is 0 Å². The van der Waals surface area contributed by atoms with Crippen molar-refractivity contribution >= 4 is 23.1 Å². The number of benzene rings is 2. The molecule has 2 aromatic carbocycles. The monoisotopic (exact) mass is 459 g/mol. The van der Waals surface area contributed by atoms with E-state index >= 15 is 0 Å². The number of rotatable bonds is 9. The molecule has 2 heterocycles. The molecule has 0 aliphatic carbocycles. The summed E-state index contributed by atoms with van der Waals surface area (Å²) in [6.07, 6.45) is 1.54. The summed E-state index contributed by atoms with van der Waals surface area (Å²) in [5, 5.41) is 19.8. The van der Waals surface area contributed by atoms with Crippen LogP contribution in [0.3, 0.4) is 0 Å². The van der Waals surface area contributed by atoms with Crippen LogP contribution >= 0.6 is 0 Å². The second-order valence-electron chi connectivity index (χ2n) is 7.73. The van der Waals surface area contributed by atoms with E-state index in [9.17, 15) is 4.79 Å². The van der Waals surface area contributed by atoms with Crippen molar-refractivity contribution < 1.29 is 9.42 Å². The molecule has 0 fully saturated rings. The topological polar surface area (TPSA) is 140 Å². The Bertz CT molecular complexity index is 1270. The second kappa shape index (κ2) is 10.4. The van der Waals surface area contributed by atoms with Gasteiger partial charge < -0.3 is 10.6 Å². The first-order valence-corrected chi connectivity index (χ1v) is 10.7. The molecule has 0 radical (unpaired) electrons. The maximum Gasteiger partial charge on any atom is 0.293 e. The van der Waals surface area contributed by atoms with Gasteiger partial charge in [-0.3, -0.25) is 4.79 Å². The molecule has 34 heavy (non-hydrogen) atoms. The summed E-state index contributed by atoms with van der Waals surface area (Å²) in [6, 6.07) is 19.8. The Hall–Kier alpha value is -4.54. The number of aryl methyl sites for hydroxylation is 1. The van der Waals surface area contributed by atoms with Gasteiger partial charge in [-0.05, 0) is 47.8 Å². The molecular weight excluding hydrogens is 434 g/mol. The average Bonchev–Trinajstić information content (AvgIpc) is 3.48. The van der Waals surface area contributed by atoms with Gasteiger partial charge in [-0.25, -0.2) is 10.1 Å². The van der Waals surface area contributed by atoms with Crippen molar-refractivity contribution in [1.29, 1.82) is 0 Å². The number of nitrogens with one attached hydrogen (secondary N) is 1. The lowest BCUT2D eigenvalue weighted by atomic mass is 10.1. The van der Waals surface area contributed by atoms with Gasteiger partial charge in [0.25, 0.3) is 5.91 Å². The molecule has 0 spiro atoms. The van der Waals surface area contributed by atoms with E-state index in [0.717, 1.165) is 17.8 Å². The fourth-order valence-electron chi connectivity index (χ4n) is 3.35. The van der Waals surface area contributed by atoms with Crippen LogP contribution in [-0.4, -0.2) is 44.0 Å². The number of nitrogens with two attached hydrogens (primary N) is 1. The Morgan fingerprint density at radius 2 is 1.82 bits per heavy atom. The van der Waals surface area contributed by atoms with Crippen molar-refractivity contribution in [2.24, 2.45) is 5.10 Å². The summed E-state index contributed by atoms with van der Waals surface area (Å²) in [5.74, 6) is -0.294. The summed E-state index contributed by atoms with van der Waals surface area (Å²) in [5.41, 5.74) is 11.9. The predicted molar refractivity (Wildman–Crippen MR) is 128 cm³/mol. The van der Waals surface area contributed by atoms with Crippen molar-refractivity contribution in [3.05, 3.63) is 77.6 Å². The molecule has 4 rings (SSSR count). The minimum Gasteiger partial charge on any atom is -0.378 e. The number of amides is 1. The first-order chi connectivity index (χ1) is 16.5. The number of nitrogens with zero attached hydrogens (tertiary/aromatic N) is 7. The first-order valence-electron chi connectivity index (χ1n) is 10.7. The number of carbonyl (C=O) groups excluding carboxylic acids is 1. The van der Waals surface area contributed by atoms with Gasteiger partial charge in [0.05, 0.1) is 12.2 Å². The molecule has 0 saturated heterocycles. The van der Waals surface area contributed by atoms with Gasteiger partial charge >= 0.3 is 0 Å². The molecule has 3 N–H and O–H groups in total. The van der Waals surface area contributed by atoms with Gasteiger partial charge in [0.15, 0.2) is 5.69 Å². The lowest BCUT2D eigenvalue weighted by molar-refractivity contribution is 0.0948. The average molecular weight is 460 g/mol. The van der Waals surface area contributed by atoms with E-state index in [4.69, 9.17) is 10.4 Å². The molecule has 2 aromatic heterocycles. The summed E-state index contributed by atoms with van der Waals surface area (Å²) >= 11 is 0. The maximum absolute atomic E-state index is 13.0. The first kappa shape index (κ1) is 22.6. The van der Waals surface area contributed by atoms with E-state index in [1.807, 2.05) is 67.4 Å². The minimum atomic E-state index is -0.489. The van der Waals surface area contributed by atoms with E-state index in [-0.39, 0.29) is 17.3 Å². The van der Waals surface area contributed by atoms with E-state index in [1.54, 1.807) is 0 Å². The van der Waals surface area contributed by atoms with Gasteiger partial charge in [0.1, 0.15) is 0 Å². The lowest BCUT2D eigenvalue weighted by Crippen LogP contribution is -2.25. The molecular formula is C23H25N9O2. The summed E-state index contributed by atoms with van der Waals surface area (Å²) in [4.78, 5) is 14.9. The molecule has 0 atom stereocenters. The van der Waals surface area contributed by atoms with Crippen molar-refractivity contribution in [3.8, 4) is 5.82 Å². The molecule has 11 nitrogen and oxygen atoms in total. The number of carbonyl (C=O) groups is 1. The zero-order valence-corrected chi connectivity index (χ0v) is 18.9. The third-order valence-electron chi connectivity index (χ3n) is 5.22. The quantitative estimate of drug-likeness (QED) is 0.287. The molecule has 1 amide bonds. The molecule has 0 bridgehead atoms. The second-order valence-corrected chi connectivity index (χ2v) is 7.73. The standard InChI is InChI=1S/C23H25N9O2/c1-16(13-14-17-9-5-3-6-10-17)25-27-23(33)20-19(15-31(2)18-11-7-4-8-12-18)32(30-26-20)22-21(24)28-34-29-22/h3-12H,13-15H2,1-2H3,(H2,24,28)(H,27,33). The molecule has 0 aliphatic heterocycles. The highest BCUT2D eigenvalue weighted by atomic mass is 16.6. The predicted octanol–water partition coefficient (Wildman–Crippen LogP) is 2.61. The van der Waals surface area contributed by atoms with E-state index in [1.165, 1.54) is 10.2 Å². The molecule has 4 aromatic rings. The normalized spacial score (nSPS) is 11.4. The molecule has 11 heteroatoms. The van der Waals surface area contributed by atoms with Crippen LogP contribution in [0.4, 0.5) is 11.5 Å². The van der Waals surface area contributed by atoms with Crippen LogP contribution < -0.4 is 16.1 Å². The Labute approximate surface area is 196 Å². The number of aromatic nitrogens is 5. The van der Waals surface area contributed by atoms with Crippen LogP contribution in [0.25, 0.3) is 5.82 Å². The van der Waals surface area contributed by atoms with Gasteiger partial charge in [-0.2, -0.15) is 9.78 Å². The zero-order valence-electron chi connectivity index (χ0n) is 18.9. The van der Waals surface area contributed by atoms with E-state index in [2.05, 4.69) is 43.3 Å². The number of para-hydroxylation sites is 1. The van der Waals surface area contributed by atoms with Crippen LogP contribution in [0.1, 0.15) is 35.1 Å². The summed E-state index contributed by atoms with van der Waals surface area (Å²) in [7, 11) is 1.89. The molecule has 0 saturated carbocycles. The van der Waals surface area contributed by atoms with Crippen LogP contribution in [-0.2, 0) is 13.0 Å². The lowest BCUT2D eigenvalue weighted by Gasteiger charge is -2.19. The minimum absolute atomic E-state index is 0.0373. The molecule has 0 unspecified atom stereocenters. The summed E-state index contributed by atoms with van der Waals surface area (Å²) < 4.78 is 6.06. The fourth-order valence-corrected chi connectivity index (χ4v) is 3.35. The smallest absolute Gasteiger partial charge is 0.293 e. The third kappa shape index (κ3) is 5.26. The van der Waals surface area contributed by atoms with Gasteiger partial charge in [0.2, 0.25) is 11.6 Å². The number of hydrogen-bond acceptors (Lipinski definition) is 9. The van der Waals surface area contributed by atoms with Crippen LogP contribution in [0, 0.1) is 0 Å². The molecule has 174 valence electrons. The van der Waals surface area contributed by atoms with Gasteiger partial charge in [-0.1, -0.05) is 53.7 Å². The zero-order chi connectivity index (χ0) is 23.9. The van der Waals surface area contributed by atoms with Gasteiger partial charge in [-0.15, -0.1) is 5.10 Å². The number of hydrazone groups is 1. The highest BCUT2D eigenvalue weighted by molar-refractivity contribution is 5.94. The van der Waals surface area contributed by atoms with E-state index < -0.39 is 5.91 Å². The van der Waals surface area contributed by atoms with Gasteiger partial charge in [0, 0.05) is 18.4 Å². The van der Waals surface area contributed by atoms with Crippen LogP contribution in [0.15, 0.2) is 70.4 Å². The van der Waals surface area contributed by atoms with Crippen molar-refractivity contribution in [1.82, 2.24) is 30.7 Å². The summed E-state index contributed by atoms with van der Waals surface area (Å²) in [6.45, 7) is 2.16. The van der Waals surface area contributed by atoms with Crippen LogP contribution in [0.2, 0.25) is 0 Å².